The van der Waals surface area contributed by atoms with Crippen molar-refractivity contribution in [3.8, 4) is 0 Å². The standard InChI is InChI=1S/C20H22N2O3S/c1-13(2)19(16-8-5-11-26-16)21-17(23)9-10-22-18(24)12-14-6-3-4-7-15(14)20(22)25/h3-8,11,13,19H,9-10,12H2,1-2H3,(H,21,23)/t19-/m0/s1. The molecule has 0 bridgehead atoms. The lowest BCUT2D eigenvalue weighted by molar-refractivity contribution is -0.129. The van der Waals surface area contributed by atoms with Crippen LogP contribution in [0.4, 0.5) is 0 Å². The quantitative estimate of drug-likeness (QED) is 0.794. The number of thiophene rings is 1. The zero-order chi connectivity index (χ0) is 18.7. The summed E-state index contributed by atoms with van der Waals surface area (Å²) in [7, 11) is 0. The Morgan fingerprint density at radius 1 is 1.19 bits per heavy atom. The van der Waals surface area contributed by atoms with E-state index in [4.69, 9.17) is 0 Å². The number of imide groups is 1. The number of carbonyl (C=O) groups is 3. The van der Waals surface area contributed by atoms with E-state index in [1.165, 1.54) is 4.90 Å². The third-order valence-electron chi connectivity index (χ3n) is 4.53. The highest BCUT2D eigenvalue weighted by molar-refractivity contribution is 7.10. The van der Waals surface area contributed by atoms with Crippen LogP contribution in [0.1, 0.15) is 47.1 Å². The maximum Gasteiger partial charge on any atom is 0.260 e. The first-order valence-electron chi connectivity index (χ1n) is 8.72. The summed E-state index contributed by atoms with van der Waals surface area (Å²) < 4.78 is 0. The van der Waals surface area contributed by atoms with Crippen LogP contribution in [0.25, 0.3) is 0 Å². The lowest BCUT2D eigenvalue weighted by Crippen LogP contribution is -2.44. The van der Waals surface area contributed by atoms with Gasteiger partial charge in [0.25, 0.3) is 5.91 Å². The van der Waals surface area contributed by atoms with Gasteiger partial charge in [-0.2, -0.15) is 0 Å². The van der Waals surface area contributed by atoms with Crippen molar-refractivity contribution in [2.45, 2.75) is 32.7 Å². The van der Waals surface area contributed by atoms with Crippen LogP contribution in [-0.2, 0) is 16.0 Å². The van der Waals surface area contributed by atoms with Gasteiger partial charge < -0.3 is 5.32 Å². The van der Waals surface area contributed by atoms with E-state index < -0.39 is 0 Å². The predicted molar refractivity (Wildman–Crippen MR) is 101 cm³/mol. The fourth-order valence-electron chi connectivity index (χ4n) is 3.12. The Balaban J connectivity index is 1.62. The van der Waals surface area contributed by atoms with Gasteiger partial charge in [-0.15, -0.1) is 11.3 Å². The van der Waals surface area contributed by atoms with Gasteiger partial charge in [0.15, 0.2) is 0 Å². The highest BCUT2D eigenvalue weighted by Crippen LogP contribution is 2.26. The zero-order valence-electron chi connectivity index (χ0n) is 14.9. The highest BCUT2D eigenvalue weighted by atomic mass is 32.1. The highest BCUT2D eigenvalue weighted by Gasteiger charge is 2.31. The van der Waals surface area contributed by atoms with Crippen molar-refractivity contribution in [1.82, 2.24) is 10.2 Å². The molecule has 1 aromatic carbocycles. The molecule has 5 nitrogen and oxygen atoms in total. The number of benzene rings is 1. The van der Waals surface area contributed by atoms with E-state index >= 15 is 0 Å². The summed E-state index contributed by atoms with van der Waals surface area (Å²) in [6.07, 6.45) is 0.307. The molecule has 0 saturated heterocycles. The van der Waals surface area contributed by atoms with Gasteiger partial charge in [0.1, 0.15) is 0 Å². The van der Waals surface area contributed by atoms with E-state index in [0.29, 0.717) is 5.56 Å². The van der Waals surface area contributed by atoms with E-state index in [0.717, 1.165) is 10.4 Å². The van der Waals surface area contributed by atoms with Gasteiger partial charge in [-0.25, -0.2) is 0 Å². The number of rotatable bonds is 6. The molecule has 136 valence electrons. The van der Waals surface area contributed by atoms with Crippen molar-refractivity contribution in [3.63, 3.8) is 0 Å². The first kappa shape index (κ1) is 18.3. The summed E-state index contributed by atoms with van der Waals surface area (Å²) in [6.45, 7) is 4.21. The molecule has 26 heavy (non-hydrogen) atoms. The summed E-state index contributed by atoms with van der Waals surface area (Å²) in [5.74, 6) is -0.470. The van der Waals surface area contributed by atoms with Gasteiger partial charge in [-0.05, 0) is 29.0 Å². The predicted octanol–water partition coefficient (Wildman–Crippen LogP) is 3.18. The smallest absolute Gasteiger partial charge is 0.260 e. The van der Waals surface area contributed by atoms with Gasteiger partial charge >= 0.3 is 0 Å². The van der Waals surface area contributed by atoms with Crippen molar-refractivity contribution in [3.05, 3.63) is 57.8 Å². The monoisotopic (exact) mass is 370 g/mol. The summed E-state index contributed by atoms with van der Waals surface area (Å²) in [6, 6.07) is 11.0. The van der Waals surface area contributed by atoms with Crippen molar-refractivity contribution in [2.24, 2.45) is 5.92 Å². The van der Waals surface area contributed by atoms with Crippen LogP contribution in [0.15, 0.2) is 41.8 Å². The second-order valence-corrected chi connectivity index (χ2v) is 7.72. The summed E-state index contributed by atoms with van der Waals surface area (Å²) in [5.41, 5.74) is 1.30. The van der Waals surface area contributed by atoms with Crippen molar-refractivity contribution >= 4 is 29.1 Å². The largest absolute Gasteiger partial charge is 0.348 e. The zero-order valence-corrected chi connectivity index (χ0v) is 15.7. The molecule has 3 rings (SSSR count). The Morgan fingerprint density at radius 2 is 1.96 bits per heavy atom. The van der Waals surface area contributed by atoms with Crippen LogP contribution in [0.2, 0.25) is 0 Å². The number of carbonyl (C=O) groups excluding carboxylic acids is 3. The number of hydrogen-bond acceptors (Lipinski definition) is 4. The molecule has 1 aliphatic heterocycles. The molecule has 1 aromatic heterocycles. The molecular weight excluding hydrogens is 348 g/mol. The molecule has 1 atom stereocenters. The lowest BCUT2D eigenvalue weighted by atomic mass is 9.98. The molecule has 0 unspecified atom stereocenters. The number of hydrogen-bond donors (Lipinski definition) is 1. The van der Waals surface area contributed by atoms with Gasteiger partial charge in [0, 0.05) is 23.4 Å². The Morgan fingerprint density at radius 3 is 2.65 bits per heavy atom. The Kier molecular flexibility index (Phi) is 5.52. The number of nitrogens with one attached hydrogen (secondary N) is 1. The fourth-order valence-corrected chi connectivity index (χ4v) is 4.07. The summed E-state index contributed by atoms with van der Waals surface area (Å²) >= 11 is 1.61. The van der Waals surface area contributed by atoms with Crippen LogP contribution in [0.5, 0.6) is 0 Å². The van der Waals surface area contributed by atoms with Crippen molar-refractivity contribution < 1.29 is 14.4 Å². The van der Waals surface area contributed by atoms with E-state index in [1.54, 1.807) is 29.5 Å². The Hall–Kier alpha value is -2.47. The first-order valence-corrected chi connectivity index (χ1v) is 9.60. The van der Waals surface area contributed by atoms with Gasteiger partial charge in [-0.1, -0.05) is 38.1 Å². The summed E-state index contributed by atoms with van der Waals surface area (Å²) in [4.78, 5) is 39.5. The van der Waals surface area contributed by atoms with E-state index in [2.05, 4.69) is 19.2 Å². The molecule has 3 amide bonds. The van der Waals surface area contributed by atoms with Crippen LogP contribution in [-0.4, -0.2) is 29.2 Å². The first-order chi connectivity index (χ1) is 12.5. The third kappa shape index (κ3) is 3.85. The molecule has 0 spiro atoms. The molecule has 1 aliphatic rings. The molecule has 6 heteroatoms. The number of nitrogens with zero attached hydrogens (tertiary/aromatic N) is 1. The Labute approximate surface area is 157 Å². The molecule has 2 heterocycles. The molecule has 0 radical (unpaired) electrons. The van der Waals surface area contributed by atoms with Crippen LogP contribution < -0.4 is 5.32 Å². The molecule has 0 fully saturated rings. The minimum Gasteiger partial charge on any atom is -0.348 e. The Bertz CT molecular complexity index is 814. The number of fused-ring (bicyclic) bond motifs is 1. The normalized spacial score (nSPS) is 15.1. The summed E-state index contributed by atoms with van der Waals surface area (Å²) in [5, 5.41) is 5.01. The molecule has 1 N–H and O–H groups in total. The van der Waals surface area contributed by atoms with Gasteiger partial charge in [0.05, 0.1) is 12.5 Å². The fraction of sp³-hybridized carbons (Fsp3) is 0.350. The minimum absolute atomic E-state index is 0.0593. The van der Waals surface area contributed by atoms with Crippen molar-refractivity contribution in [1.29, 1.82) is 0 Å². The lowest BCUT2D eigenvalue weighted by Gasteiger charge is -2.27. The van der Waals surface area contributed by atoms with Crippen LogP contribution in [0.3, 0.4) is 0 Å². The van der Waals surface area contributed by atoms with Crippen molar-refractivity contribution in [2.75, 3.05) is 6.54 Å². The van der Waals surface area contributed by atoms with E-state index in [9.17, 15) is 14.4 Å². The number of amides is 3. The molecule has 2 aromatic rings. The van der Waals surface area contributed by atoms with Crippen LogP contribution in [0, 0.1) is 5.92 Å². The van der Waals surface area contributed by atoms with E-state index in [1.807, 2.05) is 23.6 Å². The van der Waals surface area contributed by atoms with E-state index in [-0.39, 0.29) is 49.1 Å². The minimum atomic E-state index is -0.316. The SMILES string of the molecule is CC(C)[C@H](NC(=O)CCN1C(=O)Cc2ccccc2C1=O)c1cccs1. The van der Waals surface area contributed by atoms with Crippen LogP contribution >= 0.6 is 11.3 Å². The van der Waals surface area contributed by atoms with Gasteiger partial charge in [-0.3, -0.25) is 19.3 Å². The molecule has 0 aliphatic carbocycles. The van der Waals surface area contributed by atoms with Gasteiger partial charge in [0.2, 0.25) is 11.8 Å². The molecular formula is C20H22N2O3S. The maximum atomic E-state index is 12.5. The second-order valence-electron chi connectivity index (χ2n) is 6.74. The average Bonchev–Trinajstić information content (AvgIpc) is 3.13. The maximum absolute atomic E-state index is 12.5. The topological polar surface area (TPSA) is 66.5 Å². The third-order valence-corrected chi connectivity index (χ3v) is 5.49. The second kappa shape index (κ2) is 7.83. The molecule has 0 saturated carbocycles. The average molecular weight is 370 g/mol.